The van der Waals surface area contributed by atoms with Crippen molar-refractivity contribution in [3.05, 3.63) is 24.1 Å². The summed E-state index contributed by atoms with van der Waals surface area (Å²) < 4.78 is 29.4. The fourth-order valence-electron chi connectivity index (χ4n) is 2.27. The molecule has 0 radical (unpaired) electrons. The number of hydrogen-bond acceptors (Lipinski definition) is 4. The molecule has 128 valence electrons. The molecule has 3 unspecified atom stereocenters. The van der Waals surface area contributed by atoms with Crippen LogP contribution >= 0.6 is 11.9 Å². The molecule has 0 bridgehead atoms. The Hall–Kier alpha value is -0.430. The highest BCUT2D eigenvalue weighted by atomic mass is 32.2. The van der Waals surface area contributed by atoms with Crippen LogP contribution in [0.4, 0.5) is 8.78 Å². The average Bonchev–Trinajstić information content (AvgIpc) is 2.37. The monoisotopic (exact) mass is 334 g/mol. The second kappa shape index (κ2) is 9.01. The summed E-state index contributed by atoms with van der Waals surface area (Å²) in [5, 5.41) is 12.5. The van der Waals surface area contributed by atoms with Gasteiger partial charge in [-0.2, -0.15) is 0 Å². The van der Waals surface area contributed by atoms with Crippen LogP contribution in [0, 0.1) is 0 Å². The smallest absolute Gasteiger partial charge is 0.140 e. The fourth-order valence-corrected chi connectivity index (χ4v) is 3.42. The maximum atomic E-state index is 13.6. The molecule has 1 aliphatic rings. The van der Waals surface area contributed by atoms with E-state index >= 15 is 0 Å². The van der Waals surface area contributed by atoms with Gasteiger partial charge in [-0.3, -0.25) is 9.62 Å². The second-order valence-electron chi connectivity index (χ2n) is 6.59. The van der Waals surface area contributed by atoms with Crippen LogP contribution in [-0.4, -0.2) is 46.2 Å². The number of halogens is 2. The number of allylic oxidation sites excluding steroid dienone is 2. The molecular weight excluding hydrogens is 306 g/mol. The van der Waals surface area contributed by atoms with Crippen LogP contribution in [0.3, 0.4) is 0 Å². The first kappa shape index (κ1) is 19.6. The van der Waals surface area contributed by atoms with Gasteiger partial charge in [0, 0.05) is 11.3 Å². The average molecular weight is 334 g/mol. The van der Waals surface area contributed by atoms with Crippen LogP contribution < -0.4 is 5.32 Å². The molecule has 0 saturated heterocycles. The quantitative estimate of drug-likeness (QED) is 0.404. The predicted octanol–water partition coefficient (Wildman–Crippen LogP) is 3.57. The van der Waals surface area contributed by atoms with Gasteiger partial charge < -0.3 is 5.11 Å². The normalized spacial score (nSPS) is 23.7. The van der Waals surface area contributed by atoms with Gasteiger partial charge in [-0.05, 0) is 59.2 Å². The lowest BCUT2D eigenvalue weighted by molar-refractivity contribution is 0.0975. The van der Waals surface area contributed by atoms with Crippen molar-refractivity contribution in [2.45, 2.75) is 63.2 Å². The summed E-state index contributed by atoms with van der Waals surface area (Å²) in [6, 6.07) is -1.07. The molecule has 2 N–H and O–H groups in total. The third-order valence-corrected chi connectivity index (χ3v) is 4.21. The number of nitrogens with zero attached hydrogens (tertiary/aromatic N) is 1. The highest BCUT2D eigenvalue weighted by molar-refractivity contribution is 7.98. The zero-order valence-corrected chi connectivity index (χ0v) is 14.7. The van der Waals surface area contributed by atoms with E-state index in [1.807, 2.05) is 7.05 Å². The number of unbranched alkanes of at least 4 members (excludes halogenated alkanes) is 1. The summed E-state index contributed by atoms with van der Waals surface area (Å²) in [4.78, 5) is 0. The van der Waals surface area contributed by atoms with E-state index in [9.17, 15) is 13.9 Å². The molecule has 3 atom stereocenters. The standard InChI is InChI=1S/C16H28F2N2OS/c1-16(2,3)22-20(4)11-6-5-10-14(21)19-15-12(17)8-7-9-13(15)18/h7-9,12,14-15,19,21H,5-6,10-11H2,1-4H3. The Morgan fingerprint density at radius 2 is 2.09 bits per heavy atom. The van der Waals surface area contributed by atoms with E-state index in [4.69, 9.17) is 0 Å². The van der Waals surface area contributed by atoms with Crippen LogP contribution in [0.5, 0.6) is 0 Å². The molecule has 0 amide bonds. The number of nitrogens with one attached hydrogen (secondary N) is 1. The van der Waals surface area contributed by atoms with E-state index < -0.39 is 24.3 Å². The van der Waals surface area contributed by atoms with Crippen molar-refractivity contribution in [3.8, 4) is 0 Å². The summed E-state index contributed by atoms with van der Waals surface area (Å²) >= 11 is 1.79. The number of hydrogen-bond donors (Lipinski definition) is 2. The Morgan fingerprint density at radius 1 is 1.41 bits per heavy atom. The molecule has 3 nitrogen and oxygen atoms in total. The molecule has 0 aromatic carbocycles. The van der Waals surface area contributed by atoms with E-state index in [0.29, 0.717) is 6.42 Å². The summed E-state index contributed by atoms with van der Waals surface area (Å²) in [6.07, 6.45) is 3.74. The minimum Gasteiger partial charge on any atom is -0.379 e. The molecule has 0 aromatic rings. The van der Waals surface area contributed by atoms with E-state index in [2.05, 4.69) is 30.4 Å². The summed E-state index contributed by atoms with van der Waals surface area (Å²) in [7, 11) is 2.05. The number of aliphatic hydroxyl groups is 1. The van der Waals surface area contributed by atoms with E-state index in [0.717, 1.165) is 19.4 Å². The summed E-state index contributed by atoms with van der Waals surface area (Å²) in [5.74, 6) is -0.574. The lowest BCUT2D eigenvalue weighted by Crippen LogP contribution is -2.44. The van der Waals surface area contributed by atoms with Gasteiger partial charge in [0.25, 0.3) is 0 Å². The Kier molecular flexibility index (Phi) is 8.03. The van der Waals surface area contributed by atoms with Crippen molar-refractivity contribution < 1.29 is 13.9 Å². The van der Waals surface area contributed by atoms with Crippen LogP contribution in [0.25, 0.3) is 0 Å². The minimum absolute atomic E-state index is 0.185. The van der Waals surface area contributed by atoms with Gasteiger partial charge >= 0.3 is 0 Å². The molecule has 1 aliphatic carbocycles. The van der Waals surface area contributed by atoms with Crippen LogP contribution in [-0.2, 0) is 0 Å². The van der Waals surface area contributed by atoms with Crippen molar-refractivity contribution in [1.82, 2.24) is 9.62 Å². The predicted molar refractivity (Wildman–Crippen MR) is 90.0 cm³/mol. The molecule has 6 heteroatoms. The molecule has 0 saturated carbocycles. The van der Waals surface area contributed by atoms with Crippen LogP contribution in [0.2, 0.25) is 0 Å². The van der Waals surface area contributed by atoms with Crippen molar-refractivity contribution in [1.29, 1.82) is 0 Å². The molecule has 0 aliphatic heterocycles. The van der Waals surface area contributed by atoms with E-state index in [-0.39, 0.29) is 4.75 Å². The van der Waals surface area contributed by atoms with Gasteiger partial charge in [0.15, 0.2) is 0 Å². The first-order chi connectivity index (χ1) is 10.2. The van der Waals surface area contributed by atoms with Gasteiger partial charge in [0.2, 0.25) is 0 Å². The highest BCUT2D eigenvalue weighted by Crippen LogP contribution is 2.26. The summed E-state index contributed by atoms with van der Waals surface area (Å²) in [5.41, 5.74) is 0. The Bertz CT molecular complexity index is 396. The van der Waals surface area contributed by atoms with Crippen molar-refractivity contribution in [2.75, 3.05) is 13.6 Å². The summed E-state index contributed by atoms with van der Waals surface area (Å²) in [6.45, 7) is 7.41. The number of alkyl halides is 1. The lowest BCUT2D eigenvalue weighted by Gasteiger charge is -2.26. The Labute approximate surface area is 137 Å². The maximum absolute atomic E-state index is 13.6. The van der Waals surface area contributed by atoms with Crippen LogP contribution in [0.15, 0.2) is 24.1 Å². The number of rotatable bonds is 8. The van der Waals surface area contributed by atoms with Crippen LogP contribution in [0.1, 0.15) is 40.0 Å². The Balaban J connectivity index is 2.20. The first-order valence-electron chi connectivity index (χ1n) is 7.71. The van der Waals surface area contributed by atoms with Gasteiger partial charge in [-0.1, -0.05) is 18.0 Å². The highest BCUT2D eigenvalue weighted by Gasteiger charge is 2.27. The molecular formula is C16H28F2N2OS. The third-order valence-electron chi connectivity index (χ3n) is 3.17. The van der Waals surface area contributed by atoms with Crippen molar-refractivity contribution >= 4 is 11.9 Å². The van der Waals surface area contributed by atoms with E-state index in [1.54, 1.807) is 11.9 Å². The van der Waals surface area contributed by atoms with Gasteiger partial charge in [-0.25, -0.2) is 8.78 Å². The zero-order valence-electron chi connectivity index (χ0n) is 13.9. The molecule has 1 rings (SSSR count). The first-order valence-corrected chi connectivity index (χ1v) is 8.49. The number of aliphatic hydroxyl groups excluding tert-OH is 1. The maximum Gasteiger partial charge on any atom is 0.140 e. The molecule has 0 fully saturated rings. The molecule has 0 spiro atoms. The SMILES string of the molecule is CN(CCCCC(O)NC1C(F)=CC=CC1F)SC(C)(C)C. The topological polar surface area (TPSA) is 35.5 Å². The lowest BCUT2D eigenvalue weighted by atomic mass is 10.1. The van der Waals surface area contributed by atoms with Crippen molar-refractivity contribution in [2.24, 2.45) is 0 Å². The molecule has 0 heterocycles. The fraction of sp³-hybridized carbons (Fsp3) is 0.750. The largest absolute Gasteiger partial charge is 0.379 e. The Morgan fingerprint density at radius 3 is 2.68 bits per heavy atom. The minimum atomic E-state index is -1.44. The zero-order chi connectivity index (χ0) is 16.8. The third kappa shape index (κ3) is 7.72. The molecule has 0 aromatic heterocycles. The molecule has 22 heavy (non-hydrogen) atoms. The van der Waals surface area contributed by atoms with Crippen molar-refractivity contribution in [3.63, 3.8) is 0 Å². The second-order valence-corrected chi connectivity index (χ2v) is 8.62. The van der Waals surface area contributed by atoms with Gasteiger partial charge in [0.1, 0.15) is 18.2 Å². The van der Waals surface area contributed by atoms with Gasteiger partial charge in [-0.15, -0.1) is 0 Å². The van der Waals surface area contributed by atoms with E-state index in [1.165, 1.54) is 18.2 Å². The van der Waals surface area contributed by atoms with Gasteiger partial charge in [0.05, 0.1) is 6.04 Å².